The van der Waals surface area contributed by atoms with Crippen molar-refractivity contribution in [1.29, 1.82) is 0 Å². The molecular weight excluding hydrogens is 386 g/mol. The minimum Gasteiger partial charge on any atom is -0.396 e. The molecule has 0 aliphatic carbocycles. The Balaban J connectivity index is 1.64. The van der Waals surface area contributed by atoms with Crippen molar-refractivity contribution in [3.8, 4) is 22.6 Å². The lowest BCUT2D eigenvalue weighted by Crippen LogP contribution is -2.34. The number of hydrogen-bond acceptors (Lipinski definition) is 5. The summed E-state index contributed by atoms with van der Waals surface area (Å²) in [6.07, 6.45) is 7.98. The first kappa shape index (κ1) is 19.9. The van der Waals surface area contributed by atoms with E-state index in [2.05, 4.69) is 16.1 Å². The molecular formula is C22H26ClN5O. The van der Waals surface area contributed by atoms with Crippen molar-refractivity contribution in [1.82, 2.24) is 19.7 Å². The van der Waals surface area contributed by atoms with Gasteiger partial charge in [-0.25, -0.2) is 9.97 Å². The fourth-order valence-electron chi connectivity index (χ4n) is 3.86. The highest BCUT2D eigenvalue weighted by Crippen LogP contribution is 2.30. The van der Waals surface area contributed by atoms with Crippen LogP contribution in [0.1, 0.15) is 25.7 Å². The van der Waals surface area contributed by atoms with Gasteiger partial charge in [0.25, 0.3) is 0 Å². The highest BCUT2D eigenvalue weighted by atomic mass is 35.5. The molecule has 1 aliphatic heterocycles. The summed E-state index contributed by atoms with van der Waals surface area (Å²) in [5.41, 5.74) is 2.80. The average molecular weight is 412 g/mol. The molecule has 0 atom stereocenters. The van der Waals surface area contributed by atoms with E-state index in [1.54, 1.807) is 10.9 Å². The van der Waals surface area contributed by atoms with Crippen molar-refractivity contribution in [2.45, 2.75) is 25.7 Å². The maximum atomic E-state index is 9.08. The number of aliphatic hydroxyl groups is 1. The molecule has 152 valence electrons. The number of rotatable bonds is 6. The van der Waals surface area contributed by atoms with Crippen molar-refractivity contribution in [3.63, 3.8) is 0 Å². The zero-order valence-corrected chi connectivity index (χ0v) is 17.4. The zero-order valence-electron chi connectivity index (χ0n) is 16.6. The van der Waals surface area contributed by atoms with Gasteiger partial charge in [0.2, 0.25) is 0 Å². The number of benzene rings is 1. The Labute approximate surface area is 176 Å². The van der Waals surface area contributed by atoms with E-state index in [1.165, 1.54) is 0 Å². The normalized spacial score (nSPS) is 15.1. The lowest BCUT2D eigenvalue weighted by atomic mass is 9.92. The molecule has 1 saturated heterocycles. The van der Waals surface area contributed by atoms with Crippen molar-refractivity contribution in [3.05, 3.63) is 47.7 Å². The summed E-state index contributed by atoms with van der Waals surface area (Å²) in [4.78, 5) is 12.0. The Morgan fingerprint density at radius 1 is 1.10 bits per heavy atom. The van der Waals surface area contributed by atoms with E-state index in [0.29, 0.717) is 16.8 Å². The van der Waals surface area contributed by atoms with Gasteiger partial charge >= 0.3 is 0 Å². The van der Waals surface area contributed by atoms with Crippen LogP contribution in [-0.2, 0) is 7.05 Å². The maximum Gasteiger partial charge on any atom is 0.165 e. The lowest BCUT2D eigenvalue weighted by Gasteiger charge is -2.33. The molecule has 2 aromatic heterocycles. The second-order valence-corrected chi connectivity index (χ2v) is 8.08. The van der Waals surface area contributed by atoms with Gasteiger partial charge in [-0.1, -0.05) is 23.7 Å². The summed E-state index contributed by atoms with van der Waals surface area (Å²) in [6, 6.07) is 9.81. The van der Waals surface area contributed by atoms with Crippen molar-refractivity contribution in [2.24, 2.45) is 13.0 Å². The predicted molar refractivity (Wildman–Crippen MR) is 116 cm³/mol. The highest BCUT2D eigenvalue weighted by Gasteiger charge is 2.21. The number of aryl methyl sites for hydroxylation is 1. The summed E-state index contributed by atoms with van der Waals surface area (Å²) in [5.74, 6) is 2.32. The highest BCUT2D eigenvalue weighted by molar-refractivity contribution is 6.30. The van der Waals surface area contributed by atoms with Crippen molar-refractivity contribution < 1.29 is 5.11 Å². The number of anilines is 1. The fraction of sp³-hybridized carbons (Fsp3) is 0.409. The Hall–Kier alpha value is -2.44. The average Bonchev–Trinajstić information content (AvgIpc) is 3.19. The third kappa shape index (κ3) is 4.77. The van der Waals surface area contributed by atoms with Crippen LogP contribution in [0.2, 0.25) is 5.02 Å². The first-order valence-electron chi connectivity index (χ1n) is 10.1. The number of aliphatic hydroxyl groups excluding tert-OH is 1. The molecule has 1 aromatic carbocycles. The second-order valence-electron chi connectivity index (χ2n) is 7.64. The zero-order chi connectivity index (χ0) is 20.2. The molecule has 0 bridgehead atoms. The van der Waals surface area contributed by atoms with Crippen LogP contribution in [0.4, 0.5) is 5.82 Å². The summed E-state index contributed by atoms with van der Waals surface area (Å²) < 4.78 is 1.76. The molecule has 0 unspecified atom stereocenters. The molecule has 1 N–H and O–H groups in total. The van der Waals surface area contributed by atoms with Crippen LogP contribution in [0.25, 0.3) is 22.6 Å². The smallest absolute Gasteiger partial charge is 0.165 e. The van der Waals surface area contributed by atoms with Crippen LogP contribution >= 0.6 is 11.6 Å². The Bertz CT molecular complexity index is 948. The van der Waals surface area contributed by atoms with Crippen LogP contribution in [0, 0.1) is 5.92 Å². The van der Waals surface area contributed by atoms with Crippen molar-refractivity contribution in [2.75, 3.05) is 24.6 Å². The van der Waals surface area contributed by atoms with Gasteiger partial charge in [-0.15, -0.1) is 0 Å². The molecule has 0 saturated carbocycles. The monoisotopic (exact) mass is 411 g/mol. The predicted octanol–water partition coefficient (Wildman–Crippen LogP) is 4.19. The van der Waals surface area contributed by atoms with E-state index in [-0.39, 0.29) is 6.61 Å². The third-order valence-electron chi connectivity index (χ3n) is 5.52. The van der Waals surface area contributed by atoms with Crippen LogP contribution in [0.15, 0.2) is 42.7 Å². The van der Waals surface area contributed by atoms with Gasteiger partial charge in [0.05, 0.1) is 17.5 Å². The van der Waals surface area contributed by atoms with E-state index in [9.17, 15) is 0 Å². The van der Waals surface area contributed by atoms with Crippen LogP contribution in [-0.4, -0.2) is 44.6 Å². The van der Waals surface area contributed by atoms with Gasteiger partial charge in [0.1, 0.15) is 5.82 Å². The largest absolute Gasteiger partial charge is 0.396 e. The van der Waals surface area contributed by atoms with Crippen molar-refractivity contribution >= 4 is 17.4 Å². The molecule has 1 aliphatic rings. The maximum absolute atomic E-state index is 9.08. The summed E-state index contributed by atoms with van der Waals surface area (Å²) in [7, 11) is 1.89. The number of piperidine rings is 1. The second kappa shape index (κ2) is 8.93. The van der Waals surface area contributed by atoms with E-state index in [1.807, 2.05) is 37.5 Å². The minimum absolute atomic E-state index is 0.283. The SMILES string of the molecule is Cn1cc(-c2nc(-c3ccc(Cl)cc3)cc(N3CCC(CCCO)CC3)n2)cn1. The van der Waals surface area contributed by atoms with E-state index in [0.717, 1.165) is 61.4 Å². The Kier molecular flexibility index (Phi) is 6.11. The third-order valence-corrected chi connectivity index (χ3v) is 5.78. The van der Waals surface area contributed by atoms with Gasteiger partial charge in [-0.2, -0.15) is 5.10 Å². The molecule has 4 rings (SSSR count). The fourth-order valence-corrected chi connectivity index (χ4v) is 3.99. The minimum atomic E-state index is 0.283. The van der Waals surface area contributed by atoms with Crippen LogP contribution in [0.5, 0.6) is 0 Å². The van der Waals surface area contributed by atoms with Gasteiger partial charge in [-0.3, -0.25) is 4.68 Å². The van der Waals surface area contributed by atoms with Gasteiger partial charge in [-0.05, 0) is 43.7 Å². The standard InChI is InChI=1S/C22H26ClN5O/c1-27-15-18(14-24-27)22-25-20(17-4-6-19(23)7-5-17)13-21(26-22)28-10-8-16(9-11-28)3-2-12-29/h4-7,13-16,29H,2-3,8-12H2,1H3. The molecule has 0 amide bonds. The van der Waals surface area contributed by atoms with Crippen LogP contribution in [0.3, 0.4) is 0 Å². The topological polar surface area (TPSA) is 67.1 Å². The molecule has 3 heterocycles. The molecule has 0 radical (unpaired) electrons. The molecule has 1 fully saturated rings. The molecule has 7 heteroatoms. The van der Waals surface area contributed by atoms with Gasteiger partial charge in [0, 0.05) is 49.6 Å². The first-order valence-corrected chi connectivity index (χ1v) is 10.5. The summed E-state index contributed by atoms with van der Waals surface area (Å²) in [6.45, 7) is 2.23. The number of halogens is 1. The summed E-state index contributed by atoms with van der Waals surface area (Å²) in [5, 5.41) is 14.1. The lowest BCUT2D eigenvalue weighted by molar-refractivity contribution is 0.261. The van der Waals surface area contributed by atoms with Crippen LogP contribution < -0.4 is 4.90 Å². The molecule has 6 nitrogen and oxygen atoms in total. The molecule has 0 spiro atoms. The molecule has 3 aromatic rings. The number of hydrogen-bond donors (Lipinski definition) is 1. The van der Waals surface area contributed by atoms with E-state index in [4.69, 9.17) is 26.7 Å². The quantitative estimate of drug-likeness (QED) is 0.658. The van der Waals surface area contributed by atoms with E-state index < -0.39 is 0 Å². The number of aromatic nitrogens is 4. The van der Waals surface area contributed by atoms with Gasteiger partial charge in [0.15, 0.2) is 5.82 Å². The first-order chi connectivity index (χ1) is 14.1. The van der Waals surface area contributed by atoms with Gasteiger partial charge < -0.3 is 10.0 Å². The molecule has 29 heavy (non-hydrogen) atoms. The van der Waals surface area contributed by atoms with E-state index >= 15 is 0 Å². The summed E-state index contributed by atoms with van der Waals surface area (Å²) >= 11 is 6.06. The Morgan fingerprint density at radius 2 is 1.86 bits per heavy atom. The Morgan fingerprint density at radius 3 is 2.52 bits per heavy atom. The number of nitrogens with zero attached hydrogens (tertiary/aromatic N) is 5.